The fourth-order valence-corrected chi connectivity index (χ4v) is 2.80. The van der Waals surface area contributed by atoms with E-state index in [4.69, 9.17) is 4.74 Å². The average Bonchev–Trinajstić information content (AvgIpc) is 2.62. The number of aryl methyl sites for hydroxylation is 1. The number of nitriles is 1. The van der Waals surface area contributed by atoms with Crippen molar-refractivity contribution < 1.29 is 14.3 Å². The first-order valence-corrected chi connectivity index (χ1v) is 8.98. The predicted molar refractivity (Wildman–Crippen MR) is 104 cm³/mol. The van der Waals surface area contributed by atoms with Crippen LogP contribution in [-0.2, 0) is 14.9 Å². The third kappa shape index (κ3) is 5.04. The number of ether oxygens (including phenoxy) is 1. The van der Waals surface area contributed by atoms with Crippen molar-refractivity contribution in [1.82, 2.24) is 0 Å². The molecule has 27 heavy (non-hydrogen) atoms. The van der Waals surface area contributed by atoms with Gasteiger partial charge in [0.25, 0.3) is 0 Å². The molecule has 0 saturated carbocycles. The van der Waals surface area contributed by atoms with Crippen molar-refractivity contribution in [2.45, 2.75) is 51.6 Å². The molecule has 0 unspecified atom stereocenters. The van der Waals surface area contributed by atoms with E-state index in [0.29, 0.717) is 11.1 Å². The molecule has 0 saturated heterocycles. The lowest BCUT2D eigenvalue weighted by molar-refractivity contribution is -0.160. The normalized spacial score (nSPS) is 13.3. The Morgan fingerprint density at radius 2 is 1.59 bits per heavy atom. The van der Waals surface area contributed by atoms with Crippen molar-refractivity contribution in [3.05, 3.63) is 71.3 Å². The molecular weight excluding hydrogens is 338 g/mol. The fraction of sp³-hybridized carbons (Fsp3) is 0.348. The maximum Gasteiger partial charge on any atom is 0.331 e. The van der Waals surface area contributed by atoms with E-state index >= 15 is 0 Å². The lowest BCUT2D eigenvalue weighted by Crippen LogP contribution is -2.40. The van der Waals surface area contributed by atoms with Gasteiger partial charge in [-0.05, 0) is 39.7 Å². The second-order valence-corrected chi connectivity index (χ2v) is 7.67. The first kappa shape index (κ1) is 20.4. The van der Waals surface area contributed by atoms with Crippen molar-refractivity contribution in [2.75, 3.05) is 0 Å². The van der Waals surface area contributed by atoms with Crippen LogP contribution in [0.1, 0.15) is 55.1 Å². The Labute approximate surface area is 160 Å². The lowest BCUT2D eigenvalue weighted by atomic mass is 9.77. The number of esters is 1. The molecule has 0 heterocycles. The first-order chi connectivity index (χ1) is 12.7. The highest BCUT2D eigenvalue weighted by Gasteiger charge is 2.44. The highest BCUT2D eigenvalue weighted by molar-refractivity contribution is 5.97. The van der Waals surface area contributed by atoms with Crippen molar-refractivity contribution in [2.24, 2.45) is 0 Å². The van der Waals surface area contributed by atoms with E-state index in [2.05, 4.69) is 6.07 Å². The summed E-state index contributed by atoms with van der Waals surface area (Å²) in [7, 11) is 0. The Morgan fingerprint density at radius 1 is 1.00 bits per heavy atom. The van der Waals surface area contributed by atoms with E-state index in [-0.39, 0.29) is 18.6 Å². The molecule has 4 nitrogen and oxygen atoms in total. The average molecular weight is 363 g/mol. The van der Waals surface area contributed by atoms with Gasteiger partial charge < -0.3 is 4.74 Å². The van der Waals surface area contributed by atoms with Gasteiger partial charge in [-0.2, -0.15) is 5.26 Å². The Morgan fingerprint density at radius 3 is 2.11 bits per heavy atom. The number of rotatable bonds is 6. The van der Waals surface area contributed by atoms with E-state index in [1.807, 2.05) is 25.1 Å². The van der Waals surface area contributed by atoms with Crippen LogP contribution in [0.25, 0.3) is 0 Å². The van der Waals surface area contributed by atoms with Gasteiger partial charge in [0.1, 0.15) is 5.60 Å². The highest BCUT2D eigenvalue weighted by atomic mass is 16.6. The second kappa shape index (κ2) is 8.18. The number of ketones is 1. The minimum absolute atomic E-state index is 0.0646. The van der Waals surface area contributed by atoms with Gasteiger partial charge in [-0.15, -0.1) is 0 Å². The van der Waals surface area contributed by atoms with Gasteiger partial charge in [-0.3, -0.25) is 4.79 Å². The molecule has 2 rings (SSSR count). The van der Waals surface area contributed by atoms with Crippen molar-refractivity contribution in [3.8, 4) is 6.07 Å². The molecule has 2 aromatic carbocycles. The zero-order valence-corrected chi connectivity index (χ0v) is 16.3. The monoisotopic (exact) mass is 363 g/mol. The van der Waals surface area contributed by atoms with Gasteiger partial charge in [0.2, 0.25) is 0 Å². The second-order valence-electron chi connectivity index (χ2n) is 7.67. The van der Waals surface area contributed by atoms with E-state index < -0.39 is 17.0 Å². The topological polar surface area (TPSA) is 67.2 Å². The Bertz CT molecular complexity index is 842. The maximum absolute atomic E-state index is 12.9. The summed E-state index contributed by atoms with van der Waals surface area (Å²) in [6, 6.07) is 18.2. The predicted octanol–water partition coefficient (Wildman–Crippen LogP) is 4.76. The molecule has 2 aromatic rings. The number of hydrogen-bond donors (Lipinski definition) is 0. The summed E-state index contributed by atoms with van der Waals surface area (Å²) in [6.45, 7) is 7.23. The molecule has 0 amide bonds. The van der Waals surface area contributed by atoms with E-state index in [1.54, 1.807) is 57.2 Å². The smallest absolute Gasteiger partial charge is 0.331 e. The number of carbonyl (C=O) groups is 2. The van der Waals surface area contributed by atoms with Crippen molar-refractivity contribution in [1.29, 1.82) is 5.26 Å². The highest BCUT2D eigenvalue weighted by Crippen LogP contribution is 2.33. The van der Waals surface area contributed by atoms with Crippen LogP contribution in [0.15, 0.2) is 54.6 Å². The van der Waals surface area contributed by atoms with Crippen LogP contribution >= 0.6 is 0 Å². The first-order valence-electron chi connectivity index (χ1n) is 8.98. The van der Waals surface area contributed by atoms with Gasteiger partial charge in [0.15, 0.2) is 11.2 Å². The number of Topliss-reactive ketones (excluding diaryl/α,β-unsaturated/α-hetero) is 1. The summed E-state index contributed by atoms with van der Waals surface area (Å²) in [5.74, 6) is -0.727. The minimum atomic E-state index is -1.52. The largest absolute Gasteiger partial charge is 0.459 e. The molecule has 0 aliphatic heterocycles. The van der Waals surface area contributed by atoms with Crippen molar-refractivity contribution in [3.63, 3.8) is 0 Å². The van der Waals surface area contributed by atoms with E-state index in [1.165, 1.54) is 0 Å². The molecule has 0 aromatic heterocycles. The van der Waals surface area contributed by atoms with Crippen LogP contribution in [-0.4, -0.2) is 17.4 Å². The molecule has 0 N–H and O–H groups in total. The third-order valence-corrected chi connectivity index (χ3v) is 4.31. The molecule has 0 aliphatic rings. The standard InChI is InChI=1S/C23H25NO3/c1-17-10-12-18(13-11-17)20(25)14-15-23(16-24,19-8-6-5-7-9-19)21(26)27-22(2,3)4/h5-13H,14-15H2,1-4H3/t23-/m1/s1. The lowest BCUT2D eigenvalue weighted by Gasteiger charge is -2.29. The van der Waals surface area contributed by atoms with E-state index in [0.717, 1.165) is 5.56 Å². The van der Waals surface area contributed by atoms with Crippen LogP contribution in [0.2, 0.25) is 0 Å². The summed E-state index contributed by atoms with van der Waals surface area (Å²) in [4.78, 5) is 25.5. The minimum Gasteiger partial charge on any atom is -0.459 e. The molecule has 0 radical (unpaired) electrons. The summed E-state index contributed by atoms with van der Waals surface area (Å²) < 4.78 is 5.53. The molecule has 0 bridgehead atoms. The van der Waals surface area contributed by atoms with Gasteiger partial charge in [-0.25, -0.2) is 4.79 Å². The van der Waals surface area contributed by atoms with Crippen LogP contribution in [0.3, 0.4) is 0 Å². The maximum atomic E-state index is 12.9. The number of carbonyl (C=O) groups excluding carboxylic acids is 2. The summed E-state index contributed by atoms with van der Waals surface area (Å²) in [5.41, 5.74) is -0.0665. The quantitative estimate of drug-likeness (QED) is 0.548. The fourth-order valence-electron chi connectivity index (χ4n) is 2.80. The Kier molecular flexibility index (Phi) is 6.17. The van der Waals surface area contributed by atoms with Gasteiger partial charge in [0, 0.05) is 12.0 Å². The number of nitrogens with zero attached hydrogens (tertiary/aromatic N) is 1. The molecular formula is C23H25NO3. The van der Waals surface area contributed by atoms with Crippen molar-refractivity contribution >= 4 is 11.8 Å². The van der Waals surface area contributed by atoms with Crippen LogP contribution in [0.4, 0.5) is 0 Å². The molecule has 0 spiro atoms. The van der Waals surface area contributed by atoms with Gasteiger partial charge >= 0.3 is 5.97 Å². The molecule has 1 atom stereocenters. The molecule has 0 fully saturated rings. The Hall–Kier alpha value is -2.93. The zero-order valence-electron chi connectivity index (χ0n) is 16.3. The van der Waals surface area contributed by atoms with Gasteiger partial charge in [0.05, 0.1) is 6.07 Å². The Balaban J connectivity index is 2.32. The molecule has 140 valence electrons. The van der Waals surface area contributed by atoms with Crippen LogP contribution in [0.5, 0.6) is 0 Å². The van der Waals surface area contributed by atoms with Crippen LogP contribution in [0, 0.1) is 18.3 Å². The van der Waals surface area contributed by atoms with Crippen LogP contribution < -0.4 is 0 Å². The molecule has 0 aliphatic carbocycles. The number of hydrogen-bond acceptors (Lipinski definition) is 4. The van der Waals surface area contributed by atoms with E-state index in [9.17, 15) is 14.9 Å². The summed E-state index contributed by atoms with van der Waals surface area (Å²) in [6.07, 6.45) is 0.139. The zero-order chi connectivity index (χ0) is 20.1. The third-order valence-electron chi connectivity index (χ3n) is 4.31. The van der Waals surface area contributed by atoms with Gasteiger partial charge in [-0.1, -0.05) is 60.2 Å². The summed E-state index contributed by atoms with van der Waals surface area (Å²) in [5, 5.41) is 9.95. The number of benzene rings is 2. The summed E-state index contributed by atoms with van der Waals surface area (Å²) >= 11 is 0. The molecule has 4 heteroatoms. The SMILES string of the molecule is Cc1ccc(C(=O)CC[C@](C#N)(C(=O)OC(C)(C)C)c2ccccc2)cc1.